The molecular weight excluding hydrogens is 420 g/mol. The first-order valence-electron chi connectivity index (χ1n) is 11.2. The Morgan fingerprint density at radius 1 is 1.15 bits per heavy atom. The fourth-order valence-corrected chi connectivity index (χ4v) is 6.09. The summed E-state index contributed by atoms with van der Waals surface area (Å²) in [4.78, 5) is 27.7. The van der Waals surface area contributed by atoms with E-state index in [0.29, 0.717) is 13.0 Å². The molecule has 7 nitrogen and oxygen atoms in total. The van der Waals surface area contributed by atoms with Crippen LogP contribution in [-0.4, -0.2) is 58.9 Å². The van der Waals surface area contributed by atoms with Crippen LogP contribution in [0.4, 0.5) is 0 Å². The minimum absolute atomic E-state index is 0.0546. The van der Waals surface area contributed by atoms with Crippen molar-refractivity contribution in [3.63, 3.8) is 0 Å². The number of ether oxygens (including phenoxy) is 3. The van der Waals surface area contributed by atoms with Gasteiger partial charge in [-0.15, -0.1) is 0 Å². The van der Waals surface area contributed by atoms with E-state index in [0.717, 1.165) is 23.0 Å². The summed E-state index contributed by atoms with van der Waals surface area (Å²) < 4.78 is 19.0. The lowest BCUT2D eigenvalue weighted by Gasteiger charge is -2.44. The number of fused-ring (bicyclic) bond motifs is 1. The Hall–Kier alpha value is -3.16. The first-order valence-corrected chi connectivity index (χ1v) is 11.2. The van der Waals surface area contributed by atoms with Gasteiger partial charge in [0.15, 0.2) is 11.2 Å². The van der Waals surface area contributed by atoms with Crippen LogP contribution in [0.2, 0.25) is 0 Å². The molecule has 3 aliphatic rings. The molecule has 7 heteroatoms. The van der Waals surface area contributed by atoms with E-state index in [4.69, 9.17) is 14.2 Å². The molecule has 0 N–H and O–H groups in total. The zero-order valence-electron chi connectivity index (χ0n) is 18.9. The van der Waals surface area contributed by atoms with Crippen molar-refractivity contribution in [2.24, 2.45) is 0 Å². The maximum atomic E-state index is 12.8. The van der Waals surface area contributed by atoms with E-state index in [-0.39, 0.29) is 6.04 Å². The summed E-state index contributed by atoms with van der Waals surface area (Å²) in [5, 5.41) is 1.15. The summed E-state index contributed by atoms with van der Waals surface area (Å²) in [7, 11) is 3.31. The second kappa shape index (κ2) is 6.68. The van der Waals surface area contributed by atoms with Gasteiger partial charge in [-0.1, -0.05) is 48.5 Å². The molecule has 0 unspecified atom stereocenters. The molecule has 4 heterocycles. The number of benzene rings is 2. The number of rotatable bonds is 4. The van der Waals surface area contributed by atoms with E-state index in [1.807, 2.05) is 44.3 Å². The lowest BCUT2D eigenvalue weighted by atomic mass is 9.73. The van der Waals surface area contributed by atoms with Gasteiger partial charge < -0.3 is 18.8 Å². The van der Waals surface area contributed by atoms with Gasteiger partial charge in [-0.25, -0.2) is 9.59 Å². The van der Waals surface area contributed by atoms with Gasteiger partial charge in [-0.2, -0.15) is 0 Å². The van der Waals surface area contributed by atoms with E-state index in [2.05, 4.69) is 39.9 Å². The zero-order chi connectivity index (χ0) is 23.0. The maximum absolute atomic E-state index is 12.8. The number of likely N-dealkylation sites (tertiary alicyclic amines) is 1. The van der Waals surface area contributed by atoms with E-state index < -0.39 is 28.7 Å². The van der Waals surface area contributed by atoms with Gasteiger partial charge in [0.1, 0.15) is 0 Å². The number of hydrogen-bond donors (Lipinski definition) is 0. The number of esters is 2. The van der Waals surface area contributed by atoms with Crippen molar-refractivity contribution in [1.82, 2.24) is 9.47 Å². The van der Waals surface area contributed by atoms with Crippen LogP contribution in [0.15, 0.2) is 60.8 Å². The van der Waals surface area contributed by atoms with Crippen LogP contribution in [0, 0.1) is 0 Å². The van der Waals surface area contributed by atoms with E-state index in [1.54, 1.807) is 0 Å². The smallest absolute Gasteiger partial charge is 0.354 e. The van der Waals surface area contributed by atoms with Crippen molar-refractivity contribution in [3.8, 4) is 0 Å². The first-order chi connectivity index (χ1) is 15.8. The number of hydrogen-bond acceptors (Lipinski definition) is 6. The Labute approximate surface area is 191 Å². The summed E-state index contributed by atoms with van der Waals surface area (Å²) in [5.41, 5.74) is -0.0775. The third kappa shape index (κ3) is 2.52. The lowest BCUT2D eigenvalue weighted by Crippen LogP contribution is -2.57. The quantitative estimate of drug-likeness (QED) is 0.348. The third-order valence-electron chi connectivity index (χ3n) is 7.73. The average Bonchev–Trinajstić information content (AvgIpc) is 3.32. The van der Waals surface area contributed by atoms with Crippen molar-refractivity contribution in [1.29, 1.82) is 0 Å². The van der Waals surface area contributed by atoms with Crippen molar-refractivity contribution < 1.29 is 23.8 Å². The summed E-state index contributed by atoms with van der Waals surface area (Å²) >= 11 is 0. The second-order valence-corrected chi connectivity index (χ2v) is 9.57. The van der Waals surface area contributed by atoms with Crippen LogP contribution < -0.4 is 0 Å². The van der Waals surface area contributed by atoms with Crippen LogP contribution in [0.1, 0.15) is 30.5 Å². The Morgan fingerprint density at radius 3 is 2.64 bits per heavy atom. The number of likely N-dealkylation sites (N-methyl/N-ethyl adjacent to an activating group) is 1. The lowest BCUT2D eigenvalue weighted by molar-refractivity contribution is -0.178. The van der Waals surface area contributed by atoms with E-state index in [9.17, 15) is 9.59 Å². The Morgan fingerprint density at radius 2 is 1.88 bits per heavy atom. The SMILES string of the molecule is COC(=O)[C@]12O[C@]13C[C@H](c1cn(Cc4ccccc4)c4ccccc14)N(C)C[C@]3(C)OC2=O. The van der Waals surface area contributed by atoms with Gasteiger partial charge in [0.25, 0.3) is 5.60 Å². The zero-order valence-corrected chi connectivity index (χ0v) is 18.9. The number of methoxy groups -OCH3 is 1. The Kier molecular flexibility index (Phi) is 4.14. The highest BCUT2D eigenvalue weighted by Gasteiger charge is 2.93. The van der Waals surface area contributed by atoms with Crippen molar-refractivity contribution >= 4 is 22.8 Å². The summed E-state index contributed by atoms with van der Waals surface area (Å²) in [6.45, 7) is 3.07. The molecule has 4 atom stereocenters. The molecule has 0 amide bonds. The number of carbonyl (C=O) groups is 2. The predicted octanol–water partition coefficient (Wildman–Crippen LogP) is 3.06. The van der Waals surface area contributed by atoms with E-state index >= 15 is 0 Å². The number of nitrogens with zero attached hydrogens (tertiary/aromatic N) is 2. The molecule has 0 bridgehead atoms. The normalized spacial score (nSPS) is 32.8. The molecule has 6 rings (SSSR count). The molecule has 170 valence electrons. The summed E-state index contributed by atoms with van der Waals surface area (Å²) in [5.74, 6) is -1.32. The van der Waals surface area contributed by atoms with Gasteiger partial charge in [0, 0.05) is 42.7 Å². The highest BCUT2D eigenvalue weighted by Crippen LogP contribution is 2.68. The molecule has 1 aromatic heterocycles. The molecule has 33 heavy (non-hydrogen) atoms. The van der Waals surface area contributed by atoms with Crippen LogP contribution in [0.25, 0.3) is 10.9 Å². The molecular formula is C26H26N2O5. The van der Waals surface area contributed by atoms with Gasteiger partial charge in [0.2, 0.25) is 0 Å². The number of epoxide rings is 1. The molecule has 0 radical (unpaired) electrons. The second-order valence-electron chi connectivity index (χ2n) is 9.57. The predicted molar refractivity (Wildman–Crippen MR) is 121 cm³/mol. The van der Waals surface area contributed by atoms with Crippen LogP contribution in [0.3, 0.4) is 0 Å². The van der Waals surface area contributed by atoms with E-state index in [1.165, 1.54) is 12.7 Å². The number of aromatic nitrogens is 1. The highest BCUT2D eigenvalue weighted by molar-refractivity contribution is 6.11. The van der Waals surface area contributed by atoms with Gasteiger partial charge >= 0.3 is 11.9 Å². The Balaban J connectivity index is 1.43. The first kappa shape index (κ1) is 20.4. The van der Waals surface area contributed by atoms with Crippen LogP contribution in [0.5, 0.6) is 0 Å². The summed E-state index contributed by atoms with van der Waals surface area (Å²) in [6, 6.07) is 18.6. The molecule has 3 fully saturated rings. The molecule has 3 aromatic rings. The van der Waals surface area contributed by atoms with Crippen molar-refractivity contribution in [3.05, 3.63) is 71.9 Å². The van der Waals surface area contributed by atoms with Crippen molar-refractivity contribution in [2.45, 2.75) is 42.7 Å². The fraction of sp³-hybridized carbons (Fsp3) is 0.385. The van der Waals surface area contributed by atoms with Gasteiger partial charge in [-0.05, 0) is 31.2 Å². The van der Waals surface area contributed by atoms with Gasteiger partial charge in [-0.3, -0.25) is 4.90 Å². The molecule has 0 saturated carbocycles. The summed E-state index contributed by atoms with van der Waals surface area (Å²) in [6.07, 6.45) is 2.65. The molecule has 1 spiro atoms. The fourth-order valence-electron chi connectivity index (χ4n) is 6.09. The minimum Gasteiger partial charge on any atom is -0.466 e. The molecule has 2 aromatic carbocycles. The molecule has 3 aliphatic heterocycles. The monoisotopic (exact) mass is 446 g/mol. The van der Waals surface area contributed by atoms with Gasteiger partial charge in [0.05, 0.1) is 7.11 Å². The highest BCUT2D eigenvalue weighted by atomic mass is 16.7. The number of para-hydroxylation sites is 1. The molecule has 3 saturated heterocycles. The Bertz CT molecular complexity index is 1290. The number of carbonyl (C=O) groups excluding carboxylic acids is 2. The largest absolute Gasteiger partial charge is 0.466 e. The topological polar surface area (TPSA) is 73.3 Å². The van der Waals surface area contributed by atoms with Crippen LogP contribution in [-0.2, 0) is 30.3 Å². The van der Waals surface area contributed by atoms with Crippen LogP contribution >= 0.6 is 0 Å². The number of piperidine rings is 1. The maximum Gasteiger partial charge on any atom is 0.354 e. The third-order valence-corrected chi connectivity index (χ3v) is 7.73. The minimum atomic E-state index is -1.65. The van der Waals surface area contributed by atoms with Crippen molar-refractivity contribution in [2.75, 3.05) is 20.7 Å². The molecule has 0 aliphatic carbocycles. The average molecular weight is 447 g/mol. The standard InChI is InChI=1S/C26H26N2O5/c1-24-16-27(2)21(13-25(24)26(33-25,22(29)31-3)23(30)32-24)19-15-28(14-17-9-5-4-6-10-17)20-12-8-7-11-18(19)20/h4-12,15,21H,13-14,16H2,1-3H3/t21-,24+,25+,26-/m1/s1.